The zero-order valence-corrected chi connectivity index (χ0v) is 10.1. The van der Waals surface area contributed by atoms with Gasteiger partial charge in [0.1, 0.15) is 0 Å². The van der Waals surface area contributed by atoms with Gasteiger partial charge in [-0.3, -0.25) is 0 Å². The lowest BCUT2D eigenvalue weighted by Crippen LogP contribution is -2.18. The number of aromatic amines is 1. The van der Waals surface area contributed by atoms with Crippen LogP contribution in [-0.2, 0) is 13.0 Å². The second-order valence-corrected chi connectivity index (χ2v) is 4.03. The predicted octanol–water partition coefficient (Wildman–Crippen LogP) is 1.61. The number of aromatic nitrogens is 4. The molecule has 0 saturated heterocycles. The van der Waals surface area contributed by atoms with Crippen molar-refractivity contribution in [3.8, 4) is 0 Å². The summed E-state index contributed by atoms with van der Waals surface area (Å²) in [6.45, 7) is 4.90. The number of nitrogens with one attached hydrogen (secondary N) is 2. The Balaban J connectivity index is 1.92. The average Bonchev–Trinajstić information content (AvgIpc) is 2.89. The van der Waals surface area contributed by atoms with Crippen molar-refractivity contribution in [3.05, 3.63) is 41.2 Å². The summed E-state index contributed by atoms with van der Waals surface area (Å²) >= 11 is 0. The maximum Gasteiger partial charge on any atom is 0.188 e. The van der Waals surface area contributed by atoms with Crippen molar-refractivity contribution in [1.82, 2.24) is 25.9 Å². The molecule has 5 heteroatoms. The van der Waals surface area contributed by atoms with Gasteiger partial charge in [-0.15, -0.1) is 10.2 Å². The third kappa shape index (κ3) is 3.10. The fourth-order valence-electron chi connectivity index (χ4n) is 1.66. The van der Waals surface area contributed by atoms with Crippen LogP contribution in [0.3, 0.4) is 0 Å². The quantitative estimate of drug-likeness (QED) is 0.820. The lowest BCUT2D eigenvalue weighted by molar-refractivity contribution is 0.559. The van der Waals surface area contributed by atoms with Crippen LogP contribution in [0.4, 0.5) is 0 Å². The molecule has 1 atom stereocenters. The van der Waals surface area contributed by atoms with Crippen LogP contribution in [0.25, 0.3) is 0 Å². The van der Waals surface area contributed by atoms with E-state index in [1.165, 1.54) is 11.1 Å². The molecule has 0 radical (unpaired) electrons. The number of tetrazole rings is 1. The van der Waals surface area contributed by atoms with Crippen molar-refractivity contribution >= 4 is 0 Å². The Bertz CT molecular complexity index is 434. The van der Waals surface area contributed by atoms with Crippen LogP contribution in [-0.4, -0.2) is 20.6 Å². The van der Waals surface area contributed by atoms with Gasteiger partial charge in [0.25, 0.3) is 0 Å². The summed E-state index contributed by atoms with van der Waals surface area (Å²) in [5, 5.41) is 17.1. The maximum absolute atomic E-state index is 3.90. The molecule has 1 heterocycles. The lowest BCUT2D eigenvalue weighted by Gasteiger charge is -2.13. The fraction of sp³-hybridized carbons (Fsp3) is 0.417. The summed E-state index contributed by atoms with van der Waals surface area (Å²) in [5.74, 6) is 0.682. The van der Waals surface area contributed by atoms with Gasteiger partial charge in [-0.05, 0) is 24.5 Å². The van der Waals surface area contributed by atoms with Crippen molar-refractivity contribution in [3.63, 3.8) is 0 Å². The van der Waals surface area contributed by atoms with Crippen molar-refractivity contribution in [2.45, 2.75) is 32.9 Å². The highest BCUT2D eigenvalue weighted by Gasteiger charge is 2.06. The summed E-state index contributed by atoms with van der Waals surface area (Å²) < 4.78 is 0. The van der Waals surface area contributed by atoms with E-state index in [0.29, 0.717) is 12.4 Å². The van der Waals surface area contributed by atoms with E-state index in [0.717, 1.165) is 6.42 Å². The topological polar surface area (TPSA) is 66.5 Å². The average molecular weight is 231 g/mol. The highest BCUT2D eigenvalue weighted by molar-refractivity contribution is 5.24. The molecule has 2 rings (SSSR count). The highest BCUT2D eigenvalue weighted by Crippen LogP contribution is 2.13. The Labute approximate surface area is 101 Å². The van der Waals surface area contributed by atoms with Crippen LogP contribution in [0.5, 0.6) is 0 Å². The van der Waals surface area contributed by atoms with E-state index >= 15 is 0 Å². The summed E-state index contributed by atoms with van der Waals surface area (Å²) in [6, 6.07) is 8.93. The fourth-order valence-corrected chi connectivity index (χ4v) is 1.66. The SMILES string of the molecule is CCc1ccc(C(C)NCc2nn[nH]n2)cc1. The third-order valence-electron chi connectivity index (χ3n) is 2.84. The molecule has 0 fully saturated rings. The van der Waals surface area contributed by atoms with Gasteiger partial charge >= 0.3 is 0 Å². The number of nitrogens with zero attached hydrogens (tertiary/aromatic N) is 3. The molecule has 0 aliphatic carbocycles. The number of hydrogen-bond donors (Lipinski definition) is 2. The molecule has 0 saturated carbocycles. The summed E-state index contributed by atoms with van der Waals surface area (Å²) in [6.07, 6.45) is 1.07. The predicted molar refractivity (Wildman–Crippen MR) is 65.3 cm³/mol. The first kappa shape index (κ1) is 11.7. The zero-order chi connectivity index (χ0) is 12.1. The van der Waals surface area contributed by atoms with E-state index in [1.54, 1.807) is 0 Å². The number of benzene rings is 1. The number of rotatable bonds is 5. The zero-order valence-electron chi connectivity index (χ0n) is 10.1. The van der Waals surface area contributed by atoms with Crippen LogP contribution in [0.15, 0.2) is 24.3 Å². The Morgan fingerprint density at radius 2 is 2.06 bits per heavy atom. The van der Waals surface area contributed by atoms with Crippen molar-refractivity contribution in [1.29, 1.82) is 0 Å². The van der Waals surface area contributed by atoms with E-state index in [2.05, 4.69) is 64.1 Å². The monoisotopic (exact) mass is 231 g/mol. The van der Waals surface area contributed by atoms with Crippen molar-refractivity contribution < 1.29 is 0 Å². The minimum atomic E-state index is 0.277. The molecule has 1 aromatic carbocycles. The van der Waals surface area contributed by atoms with Gasteiger partial charge in [0.2, 0.25) is 0 Å². The minimum Gasteiger partial charge on any atom is -0.303 e. The van der Waals surface area contributed by atoms with Gasteiger partial charge in [0, 0.05) is 6.04 Å². The summed E-state index contributed by atoms with van der Waals surface area (Å²) in [7, 11) is 0. The summed E-state index contributed by atoms with van der Waals surface area (Å²) in [5.41, 5.74) is 2.63. The number of hydrogen-bond acceptors (Lipinski definition) is 4. The van der Waals surface area contributed by atoms with Crippen LogP contribution >= 0.6 is 0 Å². The highest BCUT2D eigenvalue weighted by atomic mass is 15.5. The summed E-state index contributed by atoms with van der Waals surface area (Å²) in [4.78, 5) is 0. The second kappa shape index (κ2) is 5.54. The molecule has 2 aromatic rings. The molecule has 2 N–H and O–H groups in total. The molecule has 0 spiro atoms. The number of aryl methyl sites for hydroxylation is 1. The standard InChI is InChI=1S/C12H17N5/c1-3-10-4-6-11(7-5-10)9(2)13-8-12-14-16-17-15-12/h4-7,9,13H,3,8H2,1-2H3,(H,14,15,16,17). The molecule has 90 valence electrons. The first-order valence-corrected chi connectivity index (χ1v) is 5.84. The second-order valence-electron chi connectivity index (χ2n) is 4.03. The Hall–Kier alpha value is -1.75. The minimum absolute atomic E-state index is 0.277. The molecular weight excluding hydrogens is 214 g/mol. The van der Waals surface area contributed by atoms with Crippen LogP contribution in [0, 0.1) is 0 Å². The van der Waals surface area contributed by atoms with Gasteiger partial charge in [-0.2, -0.15) is 5.21 Å². The number of H-pyrrole nitrogens is 1. The van der Waals surface area contributed by atoms with Crippen molar-refractivity contribution in [2.24, 2.45) is 0 Å². The normalized spacial score (nSPS) is 12.6. The van der Waals surface area contributed by atoms with Crippen molar-refractivity contribution in [2.75, 3.05) is 0 Å². The van der Waals surface area contributed by atoms with E-state index in [4.69, 9.17) is 0 Å². The molecule has 0 aliphatic rings. The Morgan fingerprint density at radius 1 is 1.29 bits per heavy atom. The maximum atomic E-state index is 3.90. The van der Waals surface area contributed by atoms with Gasteiger partial charge in [0.05, 0.1) is 6.54 Å². The van der Waals surface area contributed by atoms with E-state index < -0.39 is 0 Å². The van der Waals surface area contributed by atoms with E-state index in [9.17, 15) is 0 Å². The van der Waals surface area contributed by atoms with Gasteiger partial charge in [-0.1, -0.05) is 36.4 Å². The molecule has 1 aromatic heterocycles. The molecule has 1 unspecified atom stereocenters. The van der Waals surface area contributed by atoms with E-state index in [1.807, 2.05) is 0 Å². The molecular formula is C12H17N5. The van der Waals surface area contributed by atoms with E-state index in [-0.39, 0.29) is 6.04 Å². The van der Waals surface area contributed by atoms with Crippen LogP contribution < -0.4 is 5.32 Å². The van der Waals surface area contributed by atoms with Gasteiger partial charge in [-0.25, -0.2) is 0 Å². The molecule has 17 heavy (non-hydrogen) atoms. The third-order valence-corrected chi connectivity index (χ3v) is 2.84. The van der Waals surface area contributed by atoms with Crippen LogP contribution in [0.2, 0.25) is 0 Å². The first-order chi connectivity index (χ1) is 8.29. The van der Waals surface area contributed by atoms with Gasteiger partial charge < -0.3 is 5.32 Å². The largest absolute Gasteiger partial charge is 0.303 e. The molecule has 0 bridgehead atoms. The van der Waals surface area contributed by atoms with Crippen LogP contribution in [0.1, 0.15) is 36.8 Å². The lowest BCUT2D eigenvalue weighted by atomic mass is 10.1. The molecule has 0 amide bonds. The Kier molecular flexibility index (Phi) is 3.82. The molecule has 0 aliphatic heterocycles. The first-order valence-electron chi connectivity index (χ1n) is 5.84. The Morgan fingerprint density at radius 3 is 2.65 bits per heavy atom. The molecule has 5 nitrogen and oxygen atoms in total. The smallest absolute Gasteiger partial charge is 0.188 e. The van der Waals surface area contributed by atoms with Gasteiger partial charge in [0.15, 0.2) is 5.82 Å².